The lowest BCUT2D eigenvalue weighted by molar-refractivity contribution is 0.102. The van der Waals surface area contributed by atoms with Crippen LogP contribution in [0.25, 0.3) is 16.9 Å². The lowest BCUT2D eigenvalue weighted by Gasteiger charge is -2.07. The maximum atomic E-state index is 12.5. The third-order valence-corrected chi connectivity index (χ3v) is 3.73. The molecule has 0 bridgehead atoms. The summed E-state index contributed by atoms with van der Waals surface area (Å²) in [6, 6.07) is 13.9. The van der Waals surface area contributed by atoms with E-state index in [1.165, 1.54) is 10.7 Å². The van der Waals surface area contributed by atoms with Gasteiger partial charge in [0.2, 0.25) is 0 Å². The number of aromatic hydroxyl groups is 1. The molecule has 0 fully saturated rings. The molecule has 7 nitrogen and oxygen atoms in total. The number of hydrogen-bond acceptors (Lipinski definition) is 5. The summed E-state index contributed by atoms with van der Waals surface area (Å²) in [6.45, 7) is 0. The van der Waals surface area contributed by atoms with E-state index >= 15 is 0 Å². The molecule has 3 aromatic heterocycles. The fourth-order valence-electron chi connectivity index (χ4n) is 2.57. The van der Waals surface area contributed by atoms with Gasteiger partial charge in [-0.2, -0.15) is 5.10 Å². The van der Waals surface area contributed by atoms with Gasteiger partial charge in [-0.05, 0) is 30.3 Å². The molecule has 4 aromatic rings. The molecule has 2 N–H and O–H groups in total. The molecular formula is C18H13N5O2. The molecular weight excluding hydrogens is 318 g/mol. The Morgan fingerprint density at radius 1 is 1.00 bits per heavy atom. The summed E-state index contributed by atoms with van der Waals surface area (Å²) in [6.07, 6.45) is 4.63. The van der Waals surface area contributed by atoms with E-state index in [1.807, 2.05) is 6.07 Å². The van der Waals surface area contributed by atoms with Crippen LogP contribution in [0.15, 0.2) is 67.1 Å². The van der Waals surface area contributed by atoms with E-state index < -0.39 is 0 Å². The number of pyridine rings is 1. The summed E-state index contributed by atoms with van der Waals surface area (Å²) >= 11 is 0. The van der Waals surface area contributed by atoms with E-state index in [-0.39, 0.29) is 11.7 Å². The minimum atomic E-state index is -0.351. The van der Waals surface area contributed by atoms with Gasteiger partial charge in [0, 0.05) is 18.0 Å². The molecule has 25 heavy (non-hydrogen) atoms. The molecule has 0 spiro atoms. The number of anilines is 1. The largest absolute Gasteiger partial charge is 0.507 e. The summed E-state index contributed by atoms with van der Waals surface area (Å²) in [5.41, 5.74) is 1.96. The highest BCUT2D eigenvalue weighted by atomic mass is 16.3. The Morgan fingerprint density at radius 3 is 2.64 bits per heavy atom. The highest BCUT2D eigenvalue weighted by Gasteiger charge is 2.17. The summed E-state index contributed by atoms with van der Waals surface area (Å²) in [4.78, 5) is 20.8. The number of phenolic OH excluding ortho intramolecular Hbond substituents is 1. The summed E-state index contributed by atoms with van der Waals surface area (Å²) in [7, 11) is 0. The molecule has 3 heterocycles. The van der Waals surface area contributed by atoms with E-state index in [2.05, 4.69) is 20.4 Å². The number of nitrogens with zero attached hydrogens (tertiary/aromatic N) is 4. The Labute approximate surface area is 142 Å². The van der Waals surface area contributed by atoms with Crippen molar-refractivity contribution in [2.24, 2.45) is 0 Å². The summed E-state index contributed by atoms with van der Waals surface area (Å²) in [5.74, 6) is 0.226. The number of para-hydroxylation sites is 1. The SMILES string of the molecule is O=C(Nc1ccccn1)c1cnn2c(-c3ccccc3O)ccnc12. The zero-order chi connectivity index (χ0) is 17.2. The number of fused-ring (bicyclic) bond motifs is 1. The van der Waals surface area contributed by atoms with E-state index in [0.717, 1.165) is 0 Å². The number of aromatic nitrogens is 4. The van der Waals surface area contributed by atoms with Crippen molar-refractivity contribution in [3.05, 3.63) is 72.7 Å². The standard InChI is InChI=1S/C18H13N5O2/c24-15-6-2-1-5-12(15)14-8-10-20-17-13(11-21-23(14)17)18(25)22-16-7-3-4-9-19-16/h1-11,24H,(H,19,22,25). The van der Waals surface area contributed by atoms with Crippen LogP contribution in [-0.4, -0.2) is 30.6 Å². The van der Waals surface area contributed by atoms with Crippen LogP contribution in [0.4, 0.5) is 5.82 Å². The van der Waals surface area contributed by atoms with Gasteiger partial charge in [0.25, 0.3) is 5.91 Å². The van der Waals surface area contributed by atoms with Crippen molar-refractivity contribution in [3.8, 4) is 17.0 Å². The van der Waals surface area contributed by atoms with Crippen molar-refractivity contribution in [1.82, 2.24) is 19.6 Å². The van der Waals surface area contributed by atoms with Crippen molar-refractivity contribution in [1.29, 1.82) is 0 Å². The van der Waals surface area contributed by atoms with Gasteiger partial charge in [-0.15, -0.1) is 0 Å². The molecule has 122 valence electrons. The van der Waals surface area contributed by atoms with Gasteiger partial charge in [0.05, 0.1) is 11.9 Å². The van der Waals surface area contributed by atoms with Crippen LogP contribution in [0.5, 0.6) is 5.75 Å². The third-order valence-electron chi connectivity index (χ3n) is 3.73. The van der Waals surface area contributed by atoms with Gasteiger partial charge < -0.3 is 10.4 Å². The molecule has 0 saturated heterocycles. The predicted molar refractivity (Wildman–Crippen MR) is 92.3 cm³/mol. The van der Waals surface area contributed by atoms with Crippen LogP contribution in [0.3, 0.4) is 0 Å². The fourth-order valence-corrected chi connectivity index (χ4v) is 2.57. The number of hydrogen-bond donors (Lipinski definition) is 2. The Hall–Kier alpha value is -3.74. The van der Waals surface area contributed by atoms with Crippen LogP contribution in [0.1, 0.15) is 10.4 Å². The molecule has 0 aliphatic carbocycles. The lowest BCUT2D eigenvalue weighted by Crippen LogP contribution is -2.13. The van der Waals surface area contributed by atoms with Gasteiger partial charge >= 0.3 is 0 Å². The highest BCUT2D eigenvalue weighted by molar-refractivity contribution is 6.07. The van der Waals surface area contributed by atoms with Crippen molar-refractivity contribution in [3.63, 3.8) is 0 Å². The molecule has 0 saturated carbocycles. The summed E-state index contributed by atoms with van der Waals surface area (Å²) < 4.78 is 1.53. The van der Waals surface area contributed by atoms with Gasteiger partial charge in [-0.1, -0.05) is 18.2 Å². The smallest absolute Gasteiger partial charge is 0.262 e. The van der Waals surface area contributed by atoms with Crippen LogP contribution in [-0.2, 0) is 0 Å². The Bertz CT molecular complexity index is 1060. The minimum absolute atomic E-state index is 0.130. The monoisotopic (exact) mass is 331 g/mol. The van der Waals surface area contributed by atoms with Crippen LogP contribution >= 0.6 is 0 Å². The predicted octanol–water partition coefficient (Wildman–Crippen LogP) is 2.75. The average molecular weight is 331 g/mol. The normalized spacial score (nSPS) is 10.7. The lowest BCUT2D eigenvalue weighted by atomic mass is 10.1. The fraction of sp³-hybridized carbons (Fsp3) is 0. The van der Waals surface area contributed by atoms with Crippen molar-refractivity contribution < 1.29 is 9.90 Å². The Balaban J connectivity index is 1.77. The number of carbonyl (C=O) groups excluding carboxylic acids is 1. The first-order chi connectivity index (χ1) is 12.2. The number of amides is 1. The van der Waals surface area contributed by atoms with E-state index in [1.54, 1.807) is 54.9 Å². The number of carbonyl (C=O) groups is 1. The van der Waals surface area contributed by atoms with Gasteiger partial charge in [0.1, 0.15) is 17.1 Å². The maximum Gasteiger partial charge on any atom is 0.262 e. The van der Waals surface area contributed by atoms with Crippen LogP contribution < -0.4 is 5.32 Å². The van der Waals surface area contributed by atoms with Crippen molar-refractivity contribution >= 4 is 17.4 Å². The second-order valence-electron chi connectivity index (χ2n) is 5.31. The molecule has 4 rings (SSSR count). The molecule has 0 aliphatic heterocycles. The number of nitrogens with one attached hydrogen (secondary N) is 1. The minimum Gasteiger partial charge on any atom is -0.507 e. The topological polar surface area (TPSA) is 92.4 Å². The summed E-state index contributed by atoms with van der Waals surface area (Å²) in [5, 5.41) is 17.1. The number of benzene rings is 1. The first kappa shape index (κ1) is 14.8. The number of phenols is 1. The quantitative estimate of drug-likeness (QED) is 0.602. The van der Waals surface area contributed by atoms with Crippen LogP contribution in [0.2, 0.25) is 0 Å². The van der Waals surface area contributed by atoms with Crippen LogP contribution in [0, 0.1) is 0 Å². The average Bonchev–Trinajstić information content (AvgIpc) is 3.07. The van der Waals surface area contributed by atoms with Gasteiger partial charge in [-0.3, -0.25) is 4.79 Å². The first-order valence-electron chi connectivity index (χ1n) is 7.57. The number of rotatable bonds is 3. The highest BCUT2D eigenvalue weighted by Crippen LogP contribution is 2.28. The van der Waals surface area contributed by atoms with E-state index in [4.69, 9.17) is 0 Å². The molecule has 0 atom stereocenters. The Kier molecular flexibility index (Phi) is 3.59. The molecule has 7 heteroatoms. The second kappa shape index (κ2) is 6.04. The first-order valence-corrected chi connectivity index (χ1v) is 7.57. The zero-order valence-corrected chi connectivity index (χ0v) is 13.0. The van der Waals surface area contributed by atoms with E-state index in [9.17, 15) is 9.90 Å². The second-order valence-corrected chi connectivity index (χ2v) is 5.31. The van der Waals surface area contributed by atoms with Crippen molar-refractivity contribution in [2.75, 3.05) is 5.32 Å². The van der Waals surface area contributed by atoms with E-state index in [0.29, 0.717) is 28.3 Å². The third kappa shape index (κ3) is 2.67. The molecule has 0 unspecified atom stereocenters. The Morgan fingerprint density at radius 2 is 1.84 bits per heavy atom. The molecule has 0 aliphatic rings. The van der Waals surface area contributed by atoms with Gasteiger partial charge in [-0.25, -0.2) is 14.5 Å². The van der Waals surface area contributed by atoms with Crippen molar-refractivity contribution in [2.45, 2.75) is 0 Å². The van der Waals surface area contributed by atoms with Gasteiger partial charge in [0.15, 0.2) is 5.65 Å². The molecule has 1 aromatic carbocycles. The maximum absolute atomic E-state index is 12.5. The molecule has 1 amide bonds. The zero-order valence-electron chi connectivity index (χ0n) is 13.0. The molecule has 0 radical (unpaired) electrons.